The van der Waals surface area contributed by atoms with Gasteiger partial charge in [0.15, 0.2) is 5.69 Å². The van der Waals surface area contributed by atoms with Crippen molar-refractivity contribution in [3.05, 3.63) is 104 Å². The molecule has 0 aromatic heterocycles. The summed E-state index contributed by atoms with van der Waals surface area (Å²) in [6.07, 6.45) is 0. The largest absolute Gasteiger partial charge is 0.361 e. The van der Waals surface area contributed by atoms with Crippen molar-refractivity contribution in [3.63, 3.8) is 0 Å². The molecular formula is C27H26Cl3N3. The fraction of sp³-hybridized carbons (Fsp3) is 0.296. The van der Waals surface area contributed by atoms with Gasteiger partial charge in [-0.1, -0.05) is 85.0 Å². The Morgan fingerprint density at radius 1 is 0.909 bits per heavy atom. The van der Waals surface area contributed by atoms with E-state index in [-0.39, 0.29) is 11.5 Å². The molecule has 0 radical (unpaired) electrons. The molecule has 1 atom stereocenters. The number of benzene rings is 3. The SMILES string of the molecule is [C-]#[N+]c1ccc(C(C)(C)CN2CCN(c3ccc(Cl)cc3Cl)[C@H](c3ccc(Cl)cc3)C2)cc1. The summed E-state index contributed by atoms with van der Waals surface area (Å²) >= 11 is 18.9. The van der Waals surface area contributed by atoms with Gasteiger partial charge in [0, 0.05) is 41.6 Å². The van der Waals surface area contributed by atoms with E-state index in [0.29, 0.717) is 15.7 Å². The summed E-state index contributed by atoms with van der Waals surface area (Å²) in [5.74, 6) is 0. The summed E-state index contributed by atoms with van der Waals surface area (Å²) in [7, 11) is 0. The summed E-state index contributed by atoms with van der Waals surface area (Å²) in [5.41, 5.74) is 4.06. The molecule has 0 N–H and O–H groups in total. The van der Waals surface area contributed by atoms with Crippen LogP contribution in [-0.2, 0) is 5.41 Å². The van der Waals surface area contributed by atoms with E-state index in [1.807, 2.05) is 36.4 Å². The van der Waals surface area contributed by atoms with Crippen LogP contribution in [0.15, 0.2) is 66.7 Å². The Hall–Kier alpha value is -2.22. The summed E-state index contributed by atoms with van der Waals surface area (Å²) in [6, 6.07) is 21.9. The second-order valence-electron chi connectivity index (χ2n) is 9.13. The highest BCUT2D eigenvalue weighted by Crippen LogP contribution is 2.38. The van der Waals surface area contributed by atoms with Crippen LogP contribution in [-0.4, -0.2) is 31.1 Å². The average molecular weight is 499 g/mol. The van der Waals surface area contributed by atoms with E-state index < -0.39 is 0 Å². The first-order valence-corrected chi connectivity index (χ1v) is 12.1. The molecule has 3 aromatic carbocycles. The van der Waals surface area contributed by atoms with Gasteiger partial charge in [-0.15, -0.1) is 0 Å². The van der Waals surface area contributed by atoms with Gasteiger partial charge in [0.25, 0.3) is 0 Å². The van der Waals surface area contributed by atoms with E-state index in [4.69, 9.17) is 41.4 Å². The minimum Gasteiger partial charge on any atom is -0.361 e. The van der Waals surface area contributed by atoms with Crippen LogP contribution in [0.25, 0.3) is 4.85 Å². The van der Waals surface area contributed by atoms with E-state index >= 15 is 0 Å². The molecule has 1 fully saturated rings. The molecule has 4 rings (SSSR count). The zero-order valence-electron chi connectivity index (χ0n) is 18.7. The van der Waals surface area contributed by atoms with Crippen LogP contribution in [0.4, 0.5) is 11.4 Å². The van der Waals surface area contributed by atoms with E-state index in [1.165, 1.54) is 11.1 Å². The van der Waals surface area contributed by atoms with E-state index in [9.17, 15) is 0 Å². The fourth-order valence-corrected chi connectivity index (χ4v) is 5.24. The van der Waals surface area contributed by atoms with Crippen molar-refractivity contribution < 1.29 is 0 Å². The molecule has 1 aliphatic heterocycles. The smallest absolute Gasteiger partial charge is 0.187 e. The van der Waals surface area contributed by atoms with Crippen molar-refractivity contribution in [2.45, 2.75) is 25.3 Å². The number of hydrogen-bond acceptors (Lipinski definition) is 2. The zero-order valence-corrected chi connectivity index (χ0v) is 21.0. The highest BCUT2D eigenvalue weighted by molar-refractivity contribution is 6.36. The lowest BCUT2D eigenvalue weighted by Gasteiger charge is -2.45. The Bertz CT molecular complexity index is 1150. The molecule has 0 saturated carbocycles. The van der Waals surface area contributed by atoms with Crippen molar-refractivity contribution in [1.29, 1.82) is 0 Å². The molecule has 1 aliphatic rings. The molecule has 170 valence electrons. The maximum absolute atomic E-state index is 7.20. The quantitative estimate of drug-likeness (QED) is 0.330. The van der Waals surface area contributed by atoms with E-state index in [2.05, 4.69) is 52.8 Å². The molecule has 1 heterocycles. The number of halogens is 3. The van der Waals surface area contributed by atoms with Crippen LogP contribution in [0, 0.1) is 6.57 Å². The second-order valence-corrected chi connectivity index (χ2v) is 10.4. The van der Waals surface area contributed by atoms with Crippen LogP contribution in [0.5, 0.6) is 0 Å². The lowest BCUT2D eigenvalue weighted by Crippen LogP contribution is -2.51. The number of piperazine rings is 1. The molecule has 0 amide bonds. The van der Waals surface area contributed by atoms with E-state index in [1.54, 1.807) is 6.07 Å². The first-order valence-electron chi connectivity index (χ1n) is 10.9. The average Bonchev–Trinajstić information content (AvgIpc) is 2.80. The Kier molecular flexibility index (Phi) is 7.22. The zero-order chi connectivity index (χ0) is 23.6. The molecule has 6 heteroatoms. The lowest BCUT2D eigenvalue weighted by molar-refractivity contribution is 0.186. The summed E-state index contributed by atoms with van der Waals surface area (Å²) < 4.78 is 0. The van der Waals surface area contributed by atoms with Crippen molar-refractivity contribution in [3.8, 4) is 0 Å². The first kappa shape index (κ1) is 23.9. The van der Waals surface area contributed by atoms with Crippen molar-refractivity contribution >= 4 is 46.2 Å². The van der Waals surface area contributed by atoms with Gasteiger partial charge in [0.05, 0.1) is 23.3 Å². The molecule has 33 heavy (non-hydrogen) atoms. The lowest BCUT2D eigenvalue weighted by atomic mass is 9.83. The van der Waals surface area contributed by atoms with Gasteiger partial charge in [-0.05, 0) is 41.5 Å². The third kappa shape index (κ3) is 5.48. The first-order chi connectivity index (χ1) is 15.8. The molecular weight excluding hydrogens is 473 g/mol. The summed E-state index contributed by atoms with van der Waals surface area (Å²) in [4.78, 5) is 8.40. The maximum atomic E-state index is 7.20. The monoisotopic (exact) mass is 497 g/mol. The fourth-order valence-electron chi connectivity index (χ4n) is 4.59. The van der Waals surface area contributed by atoms with Crippen LogP contribution in [0.1, 0.15) is 31.0 Å². The van der Waals surface area contributed by atoms with Crippen molar-refractivity contribution in [2.75, 3.05) is 31.1 Å². The third-order valence-corrected chi connectivity index (χ3v) is 7.13. The molecule has 1 saturated heterocycles. The Labute approximate surface area is 211 Å². The summed E-state index contributed by atoms with van der Waals surface area (Å²) in [5, 5.41) is 2.03. The van der Waals surface area contributed by atoms with Gasteiger partial charge >= 0.3 is 0 Å². The number of anilines is 1. The normalized spacial score (nSPS) is 17.1. The predicted octanol–water partition coefficient (Wildman–Crippen LogP) is 8.04. The molecule has 3 nitrogen and oxygen atoms in total. The second kappa shape index (κ2) is 9.95. The van der Waals surface area contributed by atoms with Crippen LogP contribution in [0.3, 0.4) is 0 Å². The number of nitrogens with zero attached hydrogens (tertiary/aromatic N) is 3. The van der Waals surface area contributed by atoms with Gasteiger partial charge in [-0.3, -0.25) is 4.90 Å². The van der Waals surface area contributed by atoms with Crippen molar-refractivity contribution in [1.82, 2.24) is 4.90 Å². The van der Waals surface area contributed by atoms with Gasteiger partial charge in [0.1, 0.15) is 0 Å². The predicted molar refractivity (Wildman–Crippen MR) is 140 cm³/mol. The van der Waals surface area contributed by atoms with Crippen molar-refractivity contribution in [2.24, 2.45) is 0 Å². The highest BCUT2D eigenvalue weighted by atomic mass is 35.5. The minimum atomic E-state index is -0.0504. The topological polar surface area (TPSA) is 10.8 Å². The highest BCUT2D eigenvalue weighted by Gasteiger charge is 2.33. The third-order valence-electron chi connectivity index (χ3n) is 6.34. The van der Waals surface area contributed by atoms with Gasteiger partial charge in [-0.25, -0.2) is 4.85 Å². The molecule has 0 spiro atoms. The standard InChI is InChI=1S/C27H26Cl3N3/c1-27(2,20-6-11-23(31-3)12-7-20)18-32-14-15-33(25-13-10-22(29)16-24(25)30)26(17-32)19-4-8-21(28)9-5-19/h4-13,16,26H,14-15,17-18H2,1-2H3/t26-/m0/s1. The maximum Gasteiger partial charge on any atom is 0.187 e. The van der Waals surface area contributed by atoms with Crippen LogP contribution >= 0.6 is 34.8 Å². The van der Waals surface area contributed by atoms with Gasteiger partial charge in [-0.2, -0.15) is 0 Å². The van der Waals surface area contributed by atoms with E-state index in [0.717, 1.165) is 36.9 Å². The van der Waals surface area contributed by atoms with Gasteiger partial charge in [0.2, 0.25) is 0 Å². The number of hydrogen-bond donors (Lipinski definition) is 0. The molecule has 0 aliphatic carbocycles. The molecule has 0 bridgehead atoms. The Morgan fingerprint density at radius 3 is 2.21 bits per heavy atom. The molecule has 3 aromatic rings. The molecule has 0 unspecified atom stereocenters. The van der Waals surface area contributed by atoms with Gasteiger partial charge < -0.3 is 4.90 Å². The van der Waals surface area contributed by atoms with Crippen LogP contribution < -0.4 is 4.90 Å². The minimum absolute atomic E-state index is 0.0504. The summed E-state index contributed by atoms with van der Waals surface area (Å²) in [6.45, 7) is 15.3. The Morgan fingerprint density at radius 2 is 1.58 bits per heavy atom. The Balaban J connectivity index is 1.60. The number of rotatable bonds is 5. The van der Waals surface area contributed by atoms with Crippen LogP contribution in [0.2, 0.25) is 15.1 Å².